The van der Waals surface area contributed by atoms with E-state index in [0.717, 1.165) is 21.1 Å². The summed E-state index contributed by atoms with van der Waals surface area (Å²) in [5.74, 6) is -1.36. The molecule has 0 bridgehead atoms. The molecule has 0 N–H and O–H groups in total. The van der Waals surface area contributed by atoms with Crippen molar-refractivity contribution in [2.24, 2.45) is 0 Å². The van der Waals surface area contributed by atoms with Crippen LogP contribution < -0.4 is 0 Å². The van der Waals surface area contributed by atoms with Crippen LogP contribution in [-0.4, -0.2) is 19.5 Å². The van der Waals surface area contributed by atoms with Gasteiger partial charge in [-0.1, -0.05) is 115 Å². The van der Waals surface area contributed by atoms with Crippen LogP contribution in [0.3, 0.4) is 0 Å². The zero-order valence-electron chi connectivity index (χ0n) is 41.9. The smallest absolute Gasteiger partial charge is 0.238 e. The van der Waals surface area contributed by atoms with E-state index in [9.17, 15) is 5.48 Å². The van der Waals surface area contributed by atoms with Crippen LogP contribution in [-0.2, 0) is 0 Å². The van der Waals surface area contributed by atoms with Crippen molar-refractivity contribution in [1.82, 2.24) is 19.5 Å². The summed E-state index contributed by atoms with van der Waals surface area (Å²) in [5, 5.41) is 0.282. The Morgan fingerprint density at radius 1 is 0.451 bits per heavy atom. The lowest BCUT2D eigenvalue weighted by Crippen LogP contribution is -2.06. The fourth-order valence-electron chi connectivity index (χ4n) is 6.50. The van der Waals surface area contributed by atoms with Gasteiger partial charge < -0.3 is 8.83 Å². The minimum atomic E-state index is -0.724. The van der Waals surface area contributed by atoms with E-state index in [-0.39, 0.29) is 61.2 Å². The molecule has 0 aliphatic heterocycles. The topological polar surface area (TPSA) is 69.9 Å². The summed E-state index contributed by atoms with van der Waals surface area (Å²) < 4.78 is 155. The molecule has 11 rings (SSSR count). The fraction of sp³-hybridized carbons (Fsp3) is 0. The van der Waals surface area contributed by atoms with Crippen LogP contribution in [0.2, 0.25) is 0 Å². The average molecular weight is 671 g/mol. The molecule has 0 amide bonds. The highest BCUT2D eigenvalue weighted by Crippen LogP contribution is 2.40. The number of nitrogens with zero attached hydrogens (tertiary/aromatic N) is 4. The second-order valence-electron chi connectivity index (χ2n) is 11.6. The van der Waals surface area contributed by atoms with Crippen LogP contribution in [0.15, 0.2) is 166 Å². The third-order valence-corrected chi connectivity index (χ3v) is 8.71. The predicted molar refractivity (Wildman–Crippen MR) is 205 cm³/mol. The van der Waals surface area contributed by atoms with Gasteiger partial charge in [0.25, 0.3) is 0 Å². The highest BCUT2D eigenvalue weighted by Gasteiger charge is 2.21. The quantitative estimate of drug-likeness (QED) is 0.186. The van der Waals surface area contributed by atoms with E-state index in [4.69, 9.17) is 30.3 Å². The molecule has 0 atom stereocenters. The molecule has 6 heteroatoms. The zero-order valence-corrected chi connectivity index (χ0v) is 25.9. The van der Waals surface area contributed by atoms with E-state index >= 15 is 0 Å². The molecular weight excluding hydrogens is 629 g/mol. The number of fused-ring (bicyclic) bond motifs is 9. The molecule has 4 aromatic heterocycles. The molecule has 0 spiro atoms. The normalized spacial score (nSPS) is 16.3. The lowest BCUT2D eigenvalue weighted by atomic mass is 9.99. The summed E-state index contributed by atoms with van der Waals surface area (Å²) in [5.41, 5.74) is 0.412. The van der Waals surface area contributed by atoms with Gasteiger partial charge in [0.05, 0.1) is 33.0 Å². The monoisotopic (exact) mass is 670 g/mol. The number of benzene rings is 7. The van der Waals surface area contributed by atoms with Gasteiger partial charge in [0.2, 0.25) is 5.95 Å². The summed E-state index contributed by atoms with van der Waals surface area (Å²) in [6.07, 6.45) is 0. The van der Waals surface area contributed by atoms with Gasteiger partial charge in [-0.3, -0.25) is 4.57 Å². The van der Waals surface area contributed by atoms with Gasteiger partial charge >= 0.3 is 0 Å². The van der Waals surface area contributed by atoms with Crippen molar-refractivity contribution >= 4 is 65.7 Å². The maximum atomic E-state index is 9.65. The van der Waals surface area contributed by atoms with E-state index in [1.807, 2.05) is 42.5 Å². The van der Waals surface area contributed by atoms with Crippen molar-refractivity contribution in [2.75, 3.05) is 0 Å². The van der Waals surface area contributed by atoms with Gasteiger partial charge in [-0.05, 0) is 47.4 Å². The number of hydrogen-bond acceptors (Lipinski definition) is 5. The molecule has 0 saturated heterocycles. The maximum Gasteiger partial charge on any atom is 0.238 e. The molecule has 0 saturated carbocycles. The van der Waals surface area contributed by atoms with Crippen molar-refractivity contribution in [1.29, 1.82) is 0 Å². The first-order valence-corrected chi connectivity index (χ1v) is 15.6. The number of para-hydroxylation sites is 2. The van der Waals surface area contributed by atoms with Crippen LogP contribution in [0, 0.1) is 0 Å². The summed E-state index contributed by atoms with van der Waals surface area (Å²) in [4.78, 5) is 13.9. The largest absolute Gasteiger partial charge is 0.456 e. The SMILES string of the molecule is [2H]c1c([2H])c([2H])c(-c2nc(-c3ccc4c(oc5cccc(-c6ccccc6)c54)c3[2H])nc(-n3c4c([2H])c([2H])c([2H])c([2H])c4c4c([2H])c5c(oc6c([2H])c([2H])c([2H])c([2H])c65)c([2H])c43)n2)c([2H])c1[2H]. The van der Waals surface area contributed by atoms with Gasteiger partial charge in [0, 0.05) is 49.5 Å². The van der Waals surface area contributed by atoms with Crippen LogP contribution >= 0.6 is 0 Å². The standard InChI is InChI=1S/C45H26N4O2/c1-3-12-27(13-4-1)30-18-11-21-39-42(30)33-23-22-29(24-40(33)51-39)44-46-43(28-14-5-2-6-15-28)47-45(48-44)49-36-19-9-7-16-31(36)34-25-35-32-17-8-10-20-38(32)50-41(35)26-37(34)49/h1-26H/i2D,5D,6D,7D,8D,9D,10D,14D,15D,16D,17D,19D,20D,24D,25D,26D. The first kappa shape index (κ1) is 16.6. The third kappa shape index (κ3) is 4.26. The van der Waals surface area contributed by atoms with Crippen LogP contribution in [0.1, 0.15) is 21.9 Å². The maximum absolute atomic E-state index is 9.65. The number of rotatable bonds is 4. The number of furan rings is 2. The van der Waals surface area contributed by atoms with Gasteiger partial charge in [0.1, 0.15) is 22.3 Å². The number of aromatic nitrogens is 4. The van der Waals surface area contributed by atoms with E-state index in [2.05, 4.69) is 9.97 Å². The van der Waals surface area contributed by atoms with Crippen molar-refractivity contribution < 1.29 is 30.8 Å². The van der Waals surface area contributed by atoms with Crippen LogP contribution in [0.4, 0.5) is 0 Å². The second kappa shape index (κ2) is 10.7. The molecule has 7 aromatic carbocycles. The summed E-state index contributed by atoms with van der Waals surface area (Å²) in [6, 6.07) is 8.28. The minimum absolute atomic E-state index is 0.00283. The lowest BCUT2D eigenvalue weighted by molar-refractivity contribution is 0.668. The van der Waals surface area contributed by atoms with Crippen LogP contribution in [0.25, 0.3) is 106 Å². The Bertz CT molecular complexity index is 4040. The summed E-state index contributed by atoms with van der Waals surface area (Å²) >= 11 is 0. The molecule has 6 nitrogen and oxygen atoms in total. The highest BCUT2D eigenvalue weighted by atomic mass is 16.3. The molecule has 238 valence electrons. The van der Waals surface area contributed by atoms with Crippen molar-refractivity contribution in [2.45, 2.75) is 0 Å². The molecule has 0 aliphatic rings. The predicted octanol–water partition coefficient (Wildman–Crippen LogP) is 11.8. The lowest BCUT2D eigenvalue weighted by Gasteiger charge is -2.11. The van der Waals surface area contributed by atoms with E-state index in [0.29, 0.717) is 11.0 Å². The molecule has 0 radical (unpaired) electrons. The fourth-order valence-corrected chi connectivity index (χ4v) is 6.50. The first-order chi connectivity index (χ1) is 31.9. The Hall–Kier alpha value is -7.05. The van der Waals surface area contributed by atoms with Crippen molar-refractivity contribution in [3.63, 3.8) is 0 Å². The van der Waals surface area contributed by atoms with Gasteiger partial charge in [0.15, 0.2) is 11.6 Å². The summed E-state index contributed by atoms with van der Waals surface area (Å²) in [7, 11) is 0. The number of hydrogen-bond donors (Lipinski definition) is 0. The Morgan fingerprint density at radius 2 is 1.20 bits per heavy atom. The Balaban J connectivity index is 1.30. The van der Waals surface area contributed by atoms with Gasteiger partial charge in [-0.2, -0.15) is 9.97 Å². The first-order valence-electron chi connectivity index (χ1n) is 23.6. The van der Waals surface area contributed by atoms with E-state index in [1.54, 1.807) is 12.1 Å². The molecule has 0 fully saturated rings. The van der Waals surface area contributed by atoms with Crippen molar-refractivity contribution in [3.05, 3.63) is 157 Å². The molecule has 0 unspecified atom stereocenters. The molecule has 4 heterocycles. The Labute approximate surface area is 313 Å². The molecule has 0 aliphatic carbocycles. The van der Waals surface area contributed by atoms with Gasteiger partial charge in [-0.15, -0.1) is 0 Å². The molecular formula is C45H26N4O2. The second-order valence-corrected chi connectivity index (χ2v) is 11.6. The van der Waals surface area contributed by atoms with Crippen LogP contribution in [0.5, 0.6) is 0 Å². The van der Waals surface area contributed by atoms with Gasteiger partial charge in [-0.25, -0.2) is 4.98 Å². The Kier molecular flexibility index (Phi) is 3.48. The van der Waals surface area contributed by atoms with Crippen molar-refractivity contribution in [3.8, 4) is 39.9 Å². The minimum Gasteiger partial charge on any atom is -0.456 e. The molecule has 11 aromatic rings. The van der Waals surface area contributed by atoms with E-state index < -0.39 is 114 Å². The van der Waals surface area contributed by atoms with E-state index in [1.165, 1.54) is 6.07 Å². The Morgan fingerprint density at radius 3 is 2.08 bits per heavy atom. The highest BCUT2D eigenvalue weighted by molar-refractivity contribution is 6.17. The average Bonchev–Trinajstić information content (AvgIpc) is 4.04. The molecule has 51 heavy (non-hydrogen) atoms. The summed E-state index contributed by atoms with van der Waals surface area (Å²) in [6.45, 7) is 0. The zero-order chi connectivity index (χ0) is 47.4. The third-order valence-electron chi connectivity index (χ3n) is 8.71.